The maximum absolute atomic E-state index is 10.2. The first-order chi connectivity index (χ1) is 11.5. The molecule has 0 aliphatic carbocycles. The van der Waals surface area contributed by atoms with Gasteiger partial charge in [0, 0.05) is 39.3 Å². The zero-order valence-electron chi connectivity index (χ0n) is 16.0. The molecule has 1 atom stereocenters. The number of benzene rings is 1. The van der Waals surface area contributed by atoms with Crippen LogP contribution in [-0.4, -0.2) is 78.6 Å². The number of hydrogen-bond acceptors (Lipinski definition) is 5. The second-order valence-electron chi connectivity index (χ2n) is 7.00. The fourth-order valence-corrected chi connectivity index (χ4v) is 3.27. The van der Waals surface area contributed by atoms with Gasteiger partial charge in [0.25, 0.3) is 0 Å². The van der Waals surface area contributed by atoms with Gasteiger partial charge in [0.15, 0.2) is 0 Å². The third-order valence-electron chi connectivity index (χ3n) is 4.66. The number of ether oxygens (including phenoxy) is 1. The van der Waals surface area contributed by atoms with Crippen molar-refractivity contribution in [3.8, 4) is 5.75 Å². The summed E-state index contributed by atoms with van der Waals surface area (Å²) in [5, 5.41) is 19.2. The lowest BCUT2D eigenvalue weighted by Gasteiger charge is -2.35. The molecule has 0 aromatic heterocycles. The highest BCUT2D eigenvalue weighted by Gasteiger charge is 2.19. The maximum Gasteiger partial charge on any atom is 0.119 e. The minimum atomic E-state index is -0.487. The van der Waals surface area contributed by atoms with Gasteiger partial charge in [-0.05, 0) is 36.1 Å². The van der Waals surface area contributed by atoms with E-state index in [4.69, 9.17) is 9.84 Å². The molecule has 0 spiro atoms. The van der Waals surface area contributed by atoms with Crippen LogP contribution in [0.25, 0.3) is 0 Å². The lowest BCUT2D eigenvalue weighted by molar-refractivity contribution is -0.001000. The van der Waals surface area contributed by atoms with Gasteiger partial charge in [-0.1, -0.05) is 19.9 Å². The summed E-state index contributed by atoms with van der Waals surface area (Å²) in [4.78, 5) is 4.51. The van der Waals surface area contributed by atoms with Crippen LogP contribution < -0.4 is 29.6 Å². The quantitative estimate of drug-likeness (QED) is 0.455. The Hall–Kier alpha value is -0.560. The Morgan fingerprint density at radius 3 is 2.23 bits per heavy atom. The normalized spacial score (nSPS) is 16.7. The Balaban J connectivity index is 0.00000312. The molecule has 1 aliphatic heterocycles. The van der Waals surface area contributed by atoms with Crippen LogP contribution in [0.1, 0.15) is 30.9 Å². The van der Waals surface area contributed by atoms with Gasteiger partial charge in [-0.2, -0.15) is 0 Å². The number of β-amino-alcohol motifs (C(OH)–C–C–N with tert-alkyl or cyclic N) is 2. The fourth-order valence-electron chi connectivity index (χ4n) is 3.27. The summed E-state index contributed by atoms with van der Waals surface area (Å²) >= 11 is 0. The van der Waals surface area contributed by atoms with Gasteiger partial charge in [-0.15, -0.1) is 0 Å². The molecule has 7 heteroatoms. The number of rotatable bonds is 8. The van der Waals surface area contributed by atoms with Gasteiger partial charge in [-0.25, -0.2) is 0 Å². The van der Waals surface area contributed by atoms with Crippen molar-refractivity contribution < 1.29 is 39.8 Å². The molecule has 1 saturated heterocycles. The Labute approximate surface area is 170 Å². The highest BCUT2D eigenvalue weighted by molar-refractivity contribution is 5.36. The molecule has 2 N–H and O–H groups in total. The van der Waals surface area contributed by atoms with Crippen LogP contribution in [-0.2, 0) is 0 Å². The minimum absolute atomic E-state index is 0. The van der Waals surface area contributed by atoms with Crippen LogP contribution in [0.15, 0.2) is 18.2 Å². The summed E-state index contributed by atoms with van der Waals surface area (Å²) in [7, 11) is 0. The highest BCUT2D eigenvalue weighted by Crippen LogP contribution is 2.23. The Bertz CT molecular complexity index is 510. The molecule has 1 heterocycles. The van der Waals surface area contributed by atoms with E-state index in [1.807, 2.05) is 6.07 Å². The van der Waals surface area contributed by atoms with Crippen LogP contribution in [0.2, 0.25) is 0 Å². The second-order valence-corrected chi connectivity index (χ2v) is 7.00. The average Bonchev–Trinajstić information content (AvgIpc) is 2.55. The molecule has 1 aromatic carbocycles. The SMILES string of the molecule is Cc1cc(OCC(O)CN2CCN(CCO)CC2)ccc1C(C)C.[Cl-].[Cl-]. The van der Waals surface area contributed by atoms with Crippen LogP contribution in [0.4, 0.5) is 0 Å². The fraction of sp³-hybridized carbons (Fsp3) is 0.684. The highest BCUT2D eigenvalue weighted by atomic mass is 35.5. The molecule has 0 radical (unpaired) electrons. The summed E-state index contributed by atoms with van der Waals surface area (Å²) < 4.78 is 5.76. The van der Waals surface area contributed by atoms with Gasteiger partial charge >= 0.3 is 0 Å². The van der Waals surface area contributed by atoms with E-state index in [1.54, 1.807) is 0 Å². The van der Waals surface area contributed by atoms with Crippen LogP contribution >= 0.6 is 0 Å². The van der Waals surface area contributed by atoms with Gasteiger partial charge in [0.2, 0.25) is 0 Å². The zero-order chi connectivity index (χ0) is 17.5. The van der Waals surface area contributed by atoms with Gasteiger partial charge in [0.05, 0.1) is 6.61 Å². The van der Waals surface area contributed by atoms with Crippen molar-refractivity contribution in [3.05, 3.63) is 29.3 Å². The lowest BCUT2D eigenvalue weighted by atomic mass is 9.98. The Kier molecular flexibility index (Phi) is 12.5. The van der Waals surface area contributed by atoms with E-state index in [0.717, 1.165) is 38.5 Å². The molecule has 1 aromatic rings. The van der Waals surface area contributed by atoms with Crippen molar-refractivity contribution in [2.75, 3.05) is 52.5 Å². The molecule has 1 fully saturated rings. The summed E-state index contributed by atoms with van der Waals surface area (Å²) in [5.41, 5.74) is 2.57. The molecule has 26 heavy (non-hydrogen) atoms. The van der Waals surface area contributed by atoms with E-state index in [2.05, 4.69) is 42.7 Å². The smallest absolute Gasteiger partial charge is 0.119 e. The summed E-state index contributed by atoms with van der Waals surface area (Å²) in [6, 6.07) is 6.15. The van der Waals surface area contributed by atoms with E-state index in [-0.39, 0.29) is 31.4 Å². The van der Waals surface area contributed by atoms with Gasteiger partial charge in [-0.3, -0.25) is 9.80 Å². The number of hydrogen-bond donors (Lipinski definition) is 2. The number of nitrogens with zero attached hydrogens (tertiary/aromatic N) is 2. The van der Waals surface area contributed by atoms with Crippen molar-refractivity contribution in [3.63, 3.8) is 0 Å². The first-order valence-corrected chi connectivity index (χ1v) is 8.96. The Morgan fingerprint density at radius 1 is 1.08 bits per heavy atom. The number of piperazine rings is 1. The summed E-state index contributed by atoms with van der Waals surface area (Å²) in [6.07, 6.45) is -0.487. The van der Waals surface area contributed by atoms with E-state index in [1.165, 1.54) is 11.1 Å². The number of aliphatic hydroxyl groups is 2. The van der Waals surface area contributed by atoms with Crippen molar-refractivity contribution in [2.24, 2.45) is 0 Å². The number of halogens is 2. The standard InChI is InChI=1S/C19H32N2O3.2ClH/c1-15(2)19-5-4-18(12-16(19)3)24-14-17(23)13-21-8-6-20(7-9-21)10-11-22;;/h4-5,12,15,17,22-23H,6-11,13-14H2,1-3H3;2*1H/p-2. The third-order valence-corrected chi connectivity index (χ3v) is 4.66. The van der Waals surface area contributed by atoms with Crippen molar-refractivity contribution in [1.29, 1.82) is 0 Å². The van der Waals surface area contributed by atoms with Crippen LogP contribution in [0, 0.1) is 6.92 Å². The zero-order valence-corrected chi connectivity index (χ0v) is 17.5. The topological polar surface area (TPSA) is 56.2 Å². The molecule has 0 bridgehead atoms. The number of aryl methyl sites for hydroxylation is 1. The molecular weight excluding hydrogens is 375 g/mol. The van der Waals surface area contributed by atoms with Crippen molar-refractivity contribution in [2.45, 2.75) is 32.8 Å². The first-order valence-electron chi connectivity index (χ1n) is 8.96. The molecule has 2 rings (SSSR count). The van der Waals surface area contributed by atoms with Gasteiger partial charge in [0.1, 0.15) is 18.5 Å². The van der Waals surface area contributed by atoms with Crippen molar-refractivity contribution >= 4 is 0 Å². The molecule has 5 nitrogen and oxygen atoms in total. The average molecular weight is 407 g/mol. The molecule has 1 aliphatic rings. The van der Waals surface area contributed by atoms with E-state index < -0.39 is 6.10 Å². The monoisotopic (exact) mass is 406 g/mol. The second kappa shape index (κ2) is 12.8. The lowest BCUT2D eigenvalue weighted by Crippen LogP contribution is -3.00. The molecule has 152 valence electrons. The first kappa shape index (κ1) is 25.4. The summed E-state index contributed by atoms with van der Waals surface area (Å²) in [6.45, 7) is 12.1. The molecule has 1 unspecified atom stereocenters. The third kappa shape index (κ3) is 7.99. The predicted molar refractivity (Wildman–Crippen MR) is 96.7 cm³/mol. The minimum Gasteiger partial charge on any atom is -1.00 e. The van der Waals surface area contributed by atoms with Crippen LogP contribution in [0.5, 0.6) is 5.75 Å². The largest absolute Gasteiger partial charge is 1.00 e. The predicted octanol–water partition coefficient (Wildman–Crippen LogP) is -4.52. The molecule has 0 saturated carbocycles. The maximum atomic E-state index is 10.2. The summed E-state index contributed by atoms with van der Waals surface area (Å²) in [5.74, 6) is 1.33. The molecule has 0 amide bonds. The Morgan fingerprint density at radius 2 is 1.69 bits per heavy atom. The van der Waals surface area contributed by atoms with E-state index in [9.17, 15) is 5.11 Å². The van der Waals surface area contributed by atoms with Crippen LogP contribution in [0.3, 0.4) is 0 Å². The molecular formula is C19H32Cl2N2O3-2. The van der Waals surface area contributed by atoms with Crippen molar-refractivity contribution in [1.82, 2.24) is 9.80 Å². The number of aliphatic hydroxyl groups excluding tert-OH is 2. The van der Waals surface area contributed by atoms with E-state index >= 15 is 0 Å². The van der Waals surface area contributed by atoms with Gasteiger partial charge < -0.3 is 39.8 Å². The van der Waals surface area contributed by atoms with E-state index in [0.29, 0.717) is 19.1 Å².